The van der Waals surface area contributed by atoms with E-state index >= 15 is 0 Å². The SMILES string of the molecule is CC1=C(C(C)C)CN(C)CCO1. The van der Waals surface area contributed by atoms with E-state index in [2.05, 4.69) is 32.7 Å². The second kappa shape index (κ2) is 3.94. The van der Waals surface area contributed by atoms with Gasteiger partial charge in [0, 0.05) is 13.1 Å². The first-order valence-corrected chi connectivity index (χ1v) is 4.62. The second-order valence-electron chi connectivity index (χ2n) is 3.82. The molecule has 2 heteroatoms. The highest BCUT2D eigenvalue weighted by molar-refractivity contribution is 5.12. The van der Waals surface area contributed by atoms with Crippen molar-refractivity contribution in [3.8, 4) is 0 Å². The van der Waals surface area contributed by atoms with Crippen molar-refractivity contribution in [2.24, 2.45) is 5.92 Å². The third kappa shape index (κ3) is 2.24. The lowest BCUT2D eigenvalue weighted by molar-refractivity contribution is 0.195. The molecular weight excluding hydrogens is 150 g/mol. The zero-order valence-corrected chi connectivity index (χ0v) is 8.55. The number of ether oxygens (including phenoxy) is 1. The second-order valence-corrected chi connectivity index (χ2v) is 3.82. The van der Waals surface area contributed by atoms with Gasteiger partial charge in [0.05, 0.1) is 5.76 Å². The van der Waals surface area contributed by atoms with Crippen molar-refractivity contribution in [1.29, 1.82) is 0 Å². The zero-order valence-electron chi connectivity index (χ0n) is 8.55. The maximum atomic E-state index is 5.59. The summed E-state index contributed by atoms with van der Waals surface area (Å²) in [5.74, 6) is 1.74. The Balaban J connectivity index is 2.74. The molecule has 1 aliphatic heterocycles. The number of hydrogen-bond acceptors (Lipinski definition) is 2. The Morgan fingerprint density at radius 2 is 2.08 bits per heavy atom. The van der Waals surface area contributed by atoms with E-state index in [0.29, 0.717) is 5.92 Å². The van der Waals surface area contributed by atoms with E-state index in [0.717, 1.165) is 25.5 Å². The fraction of sp³-hybridized carbons (Fsp3) is 0.800. The zero-order chi connectivity index (χ0) is 9.14. The van der Waals surface area contributed by atoms with Crippen LogP contribution in [0, 0.1) is 5.92 Å². The van der Waals surface area contributed by atoms with Gasteiger partial charge in [0.25, 0.3) is 0 Å². The molecule has 1 heterocycles. The fourth-order valence-electron chi connectivity index (χ4n) is 1.52. The minimum absolute atomic E-state index is 0.602. The minimum Gasteiger partial charge on any atom is -0.497 e. The van der Waals surface area contributed by atoms with Crippen molar-refractivity contribution < 1.29 is 4.74 Å². The van der Waals surface area contributed by atoms with Crippen LogP contribution >= 0.6 is 0 Å². The molecular formula is C10H19NO. The lowest BCUT2D eigenvalue weighted by atomic mass is 10.0. The molecule has 0 N–H and O–H groups in total. The van der Waals surface area contributed by atoms with Crippen LogP contribution in [0.5, 0.6) is 0 Å². The smallest absolute Gasteiger partial charge is 0.100 e. The highest BCUT2D eigenvalue weighted by atomic mass is 16.5. The van der Waals surface area contributed by atoms with E-state index in [1.54, 1.807) is 0 Å². The first kappa shape index (κ1) is 9.59. The van der Waals surface area contributed by atoms with Crippen LogP contribution in [-0.2, 0) is 4.74 Å². The van der Waals surface area contributed by atoms with Crippen LogP contribution in [0.2, 0.25) is 0 Å². The van der Waals surface area contributed by atoms with E-state index in [1.807, 2.05) is 0 Å². The number of rotatable bonds is 1. The van der Waals surface area contributed by atoms with Crippen molar-refractivity contribution in [2.75, 3.05) is 26.7 Å². The van der Waals surface area contributed by atoms with E-state index < -0.39 is 0 Å². The van der Waals surface area contributed by atoms with Gasteiger partial charge in [0.2, 0.25) is 0 Å². The average molecular weight is 169 g/mol. The topological polar surface area (TPSA) is 12.5 Å². The monoisotopic (exact) mass is 169 g/mol. The molecule has 70 valence electrons. The molecule has 1 aliphatic rings. The van der Waals surface area contributed by atoms with Crippen LogP contribution in [-0.4, -0.2) is 31.6 Å². The quantitative estimate of drug-likeness (QED) is 0.594. The van der Waals surface area contributed by atoms with Gasteiger partial charge in [-0.3, -0.25) is 4.90 Å². The predicted octanol–water partition coefficient (Wildman–Crippen LogP) is 1.88. The van der Waals surface area contributed by atoms with Crippen LogP contribution in [0.4, 0.5) is 0 Å². The van der Waals surface area contributed by atoms with Gasteiger partial charge in [-0.25, -0.2) is 0 Å². The Hall–Kier alpha value is -0.500. The molecule has 0 amide bonds. The molecule has 12 heavy (non-hydrogen) atoms. The molecule has 0 unspecified atom stereocenters. The van der Waals surface area contributed by atoms with Gasteiger partial charge >= 0.3 is 0 Å². The van der Waals surface area contributed by atoms with Crippen LogP contribution in [0.25, 0.3) is 0 Å². The van der Waals surface area contributed by atoms with Crippen molar-refractivity contribution >= 4 is 0 Å². The van der Waals surface area contributed by atoms with E-state index in [9.17, 15) is 0 Å². The van der Waals surface area contributed by atoms with Crippen LogP contribution < -0.4 is 0 Å². The maximum absolute atomic E-state index is 5.59. The summed E-state index contributed by atoms with van der Waals surface area (Å²) in [7, 11) is 2.14. The minimum atomic E-state index is 0.602. The number of allylic oxidation sites excluding steroid dienone is 1. The largest absolute Gasteiger partial charge is 0.497 e. The Morgan fingerprint density at radius 3 is 2.67 bits per heavy atom. The Labute approximate surface area is 75.2 Å². The molecule has 0 aromatic carbocycles. The summed E-state index contributed by atoms with van der Waals surface area (Å²) in [6.07, 6.45) is 0. The third-order valence-electron chi connectivity index (χ3n) is 2.38. The molecule has 0 aromatic heterocycles. The molecule has 0 saturated heterocycles. The molecule has 1 rings (SSSR count). The summed E-state index contributed by atoms with van der Waals surface area (Å²) in [6.45, 7) is 9.45. The van der Waals surface area contributed by atoms with Crippen molar-refractivity contribution in [3.05, 3.63) is 11.3 Å². The van der Waals surface area contributed by atoms with E-state index in [-0.39, 0.29) is 0 Å². The molecule has 0 saturated carbocycles. The van der Waals surface area contributed by atoms with Gasteiger partial charge < -0.3 is 4.74 Å². The van der Waals surface area contributed by atoms with Crippen molar-refractivity contribution in [3.63, 3.8) is 0 Å². The summed E-state index contributed by atoms with van der Waals surface area (Å²) in [5.41, 5.74) is 1.44. The van der Waals surface area contributed by atoms with Crippen molar-refractivity contribution in [2.45, 2.75) is 20.8 Å². The number of nitrogens with zero attached hydrogens (tertiary/aromatic N) is 1. The van der Waals surface area contributed by atoms with Gasteiger partial charge in [-0.05, 0) is 25.5 Å². The highest BCUT2D eigenvalue weighted by Crippen LogP contribution is 2.18. The molecule has 0 spiro atoms. The van der Waals surface area contributed by atoms with E-state index in [1.165, 1.54) is 5.57 Å². The fourth-order valence-corrected chi connectivity index (χ4v) is 1.52. The van der Waals surface area contributed by atoms with Crippen LogP contribution in [0.15, 0.2) is 11.3 Å². The maximum Gasteiger partial charge on any atom is 0.100 e. The van der Waals surface area contributed by atoms with Crippen molar-refractivity contribution in [1.82, 2.24) is 4.90 Å². The van der Waals surface area contributed by atoms with Crippen LogP contribution in [0.3, 0.4) is 0 Å². The lowest BCUT2D eigenvalue weighted by Gasteiger charge is -2.16. The average Bonchev–Trinajstić information content (AvgIpc) is 2.13. The molecule has 0 radical (unpaired) electrons. The summed E-state index contributed by atoms with van der Waals surface area (Å²) >= 11 is 0. The summed E-state index contributed by atoms with van der Waals surface area (Å²) < 4.78 is 5.59. The summed E-state index contributed by atoms with van der Waals surface area (Å²) in [4.78, 5) is 2.31. The highest BCUT2D eigenvalue weighted by Gasteiger charge is 2.14. The molecule has 2 nitrogen and oxygen atoms in total. The number of likely N-dealkylation sites (N-methyl/N-ethyl adjacent to an activating group) is 1. The van der Waals surface area contributed by atoms with Gasteiger partial charge in [-0.1, -0.05) is 13.8 Å². The predicted molar refractivity (Wildman–Crippen MR) is 51.0 cm³/mol. The first-order valence-electron chi connectivity index (χ1n) is 4.62. The summed E-state index contributed by atoms with van der Waals surface area (Å²) in [6, 6.07) is 0. The lowest BCUT2D eigenvalue weighted by Crippen LogP contribution is -2.23. The first-order chi connectivity index (χ1) is 5.61. The molecule has 0 aromatic rings. The molecule has 0 fully saturated rings. The Kier molecular flexibility index (Phi) is 3.15. The summed E-state index contributed by atoms with van der Waals surface area (Å²) in [5, 5.41) is 0. The molecule has 0 atom stereocenters. The molecule has 0 aliphatic carbocycles. The standard InChI is InChI=1S/C10H19NO/c1-8(2)10-7-11(4)5-6-12-9(10)3/h8H,5-7H2,1-4H3. The third-order valence-corrected chi connectivity index (χ3v) is 2.38. The normalized spacial score (nSPS) is 21.1. The number of hydrogen-bond donors (Lipinski definition) is 0. The Morgan fingerprint density at radius 1 is 1.42 bits per heavy atom. The van der Waals surface area contributed by atoms with Gasteiger partial charge in [0.15, 0.2) is 0 Å². The van der Waals surface area contributed by atoms with Gasteiger partial charge in [-0.15, -0.1) is 0 Å². The van der Waals surface area contributed by atoms with E-state index in [4.69, 9.17) is 4.74 Å². The van der Waals surface area contributed by atoms with Gasteiger partial charge in [0.1, 0.15) is 6.61 Å². The molecule has 0 bridgehead atoms. The van der Waals surface area contributed by atoms with Gasteiger partial charge in [-0.2, -0.15) is 0 Å². The van der Waals surface area contributed by atoms with Crippen LogP contribution in [0.1, 0.15) is 20.8 Å². The Bertz CT molecular complexity index is 184.